The molecule has 1 fully saturated rings. The smallest absolute Gasteiger partial charge is 0.143 e. The quantitative estimate of drug-likeness (QED) is 0.802. The number of hydrogen-bond donors (Lipinski definition) is 1. The van der Waals surface area contributed by atoms with Gasteiger partial charge in [-0.15, -0.1) is 0 Å². The van der Waals surface area contributed by atoms with Crippen molar-refractivity contribution in [3.8, 4) is 0 Å². The zero-order chi connectivity index (χ0) is 10.6. The molecule has 0 aliphatic heterocycles. The fraction of sp³-hybridized carbons (Fsp3) is 0.455. The molecular formula is C11H13N3S. The van der Waals surface area contributed by atoms with E-state index in [9.17, 15) is 0 Å². The van der Waals surface area contributed by atoms with Crippen LogP contribution >= 0.6 is 11.3 Å². The van der Waals surface area contributed by atoms with Gasteiger partial charge >= 0.3 is 0 Å². The summed E-state index contributed by atoms with van der Waals surface area (Å²) < 4.78 is 0. The van der Waals surface area contributed by atoms with E-state index < -0.39 is 0 Å². The van der Waals surface area contributed by atoms with E-state index in [2.05, 4.69) is 16.9 Å². The Hall–Kier alpha value is -1.16. The highest BCUT2D eigenvalue weighted by Gasteiger charge is 2.42. The maximum atomic E-state index is 6.02. The van der Waals surface area contributed by atoms with E-state index in [1.165, 1.54) is 18.4 Å². The predicted molar refractivity (Wildman–Crippen MR) is 63.2 cm³/mol. The molecule has 0 unspecified atom stereocenters. The van der Waals surface area contributed by atoms with Gasteiger partial charge in [-0.05, 0) is 25.2 Å². The summed E-state index contributed by atoms with van der Waals surface area (Å²) in [5, 5.41) is 1.06. The van der Waals surface area contributed by atoms with Crippen LogP contribution in [-0.4, -0.2) is 9.97 Å². The van der Waals surface area contributed by atoms with Crippen molar-refractivity contribution >= 4 is 27.4 Å². The molecule has 1 aliphatic carbocycles. The predicted octanol–water partition coefficient (Wildman–Crippen LogP) is 2.63. The van der Waals surface area contributed by atoms with E-state index in [4.69, 9.17) is 5.73 Å². The van der Waals surface area contributed by atoms with Crippen molar-refractivity contribution in [2.24, 2.45) is 0 Å². The lowest BCUT2D eigenvalue weighted by Gasteiger charge is -2.11. The summed E-state index contributed by atoms with van der Waals surface area (Å²) in [6.45, 7) is 4.27. The molecule has 0 bridgehead atoms. The molecular weight excluding hydrogens is 206 g/mol. The Labute approximate surface area is 92.4 Å². The summed E-state index contributed by atoms with van der Waals surface area (Å²) in [5.74, 6) is 0. The fourth-order valence-corrected chi connectivity index (χ4v) is 2.83. The van der Waals surface area contributed by atoms with Crippen LogP contribution < -0.4 is 5.73 Å². The Morgan fingerprint density at radius 1 is 1.47 bits per heavy atom. The zero-order valence-electron chi connectivity index (χ0n) is 8.87. The fourth-order valence-electron chi connectivity index (χ4n) is 2.07. The van der Waals surface area contributed by atoms with Gasteiger partial charge in [0.2, 0.25) is 0 Å². The summed E-state index contributed by atoms with van der Waals surface area (Å²) in [6, 6.07) is 0. The Balaban J connectivity index is 2.38. The molecule has 3 rings (SSSR count). The van der Waals surface area contributed by atoms with Gasteiger partial charge in [-0.1, -0.05) is 18.3 Å². The lowest BCUT2D eigenvalue weighted by atomic mass is 9.97. The first-order chi connectivity index (χ1) is 7.10. The van der Waals surface area contributed by atoms with Crippen LogP contribution in [0.4, 0.5) is 5.69 Å². The Morgan fingerprint density at radius 3 is 2.87 bits per heavy atom. The van der Waals surface area contributed by atoms with Gasteiger partial charge in [0.25, 0.3) is 0 Å². The minimum Gasteiger partial charge on any atom is -0.397 e. The minimum absolute atomic E-state index is 0.256. The van der Waals surface area contributed by atoms with Crippen molar-refractivity contribution < 1.29 is 0 Å². The normalized spacial score (nSPS) is 18.3. The number of anilines is 1. The van der Waals surface area contributed by atoms with Crippen LogP contribution in [0.25, 0.3) is 10.3 Å². The molecule has 4 heteroatoms. The van der Waals surface area contributed by atoms with Crippen LogP contribution in [0.5, 0.6) is 0 Å². The first-order valence-electron chi connectivity index (χ1n) is 5.12. The van der Waals surface area contributed by atoms with Crippen LogP contribution in [0.1, 0.15) is 30.3 Å². The van der Waals surface area contributed by atoms with Gasteiger partial charge in [0, 0.05) is 5.56 Å². The largest absolute Gasteiger partial charge is 0.397 e. The number of aryl methyl sites for hydroxylation is 1. The summed E-state index contributed by atoms with van der Waals surface area (Å²) in [7, 11) is 0. The minimum atomic E-state index is 0.256. The van der Waals surface area contributed by atoms with E-state index in [0.717, 1.165) is 21.0 Å². The molecule has 15 heavy (non-hydrogen) atoms. The van der Waals surface area contributed by atoms with E-state index in [1.807, 2.05) is 6.92 Å². The van der Waals surface area contributed by atoms with Crippen LogP contribution in [0, 0.1) is 6.92 Å². The molecule has 3 nitrogen and oxygen atoms in total. The van der Waals surface area contributed by atoms with Gasteiger partial charge in [0.05, 0.1) is 16.9 Å². The number of nitrogens with zero attached hydrogens (tertiary/aromatic N) is 2. The maximum absolute atomic E-state index is 6.02. The van der Waals surface area contributed by atoms with Crippen molar-refractivity contribution in [2.45, 2.75) is 32.1 Å². The molecule has 2 aromatic heterocycles. The van der Waals surface area contributed by atoms with Crippen LogP contribution in [0.2, 0.25) is 0 Å². The molecule has 2 aromatic rings. The first kappa shape index (κ1) is 9.09. The molecule has 2 heterocycles. The van der Waals surface area contributed by atoms with Crippen molar-refractivity contribution in [1.29, 1.82) is 0 Å². The number of aromatic nitrogens is 2. The number of fused-ring (bicyclic) bond motifs is 1. The van der Waals surface area contributed by atoms with Crippen molar-refractivity contribution in [2.75, 3.05) is 5.73 Å². The lowest BCUT2D eigenvalue weighted by molar-refractivity contribution is 0.796. The molecule has 1 aliphatic rings. The highest BCUT2D eigenvalue weighted by atomic mass is 32.1. The van der Waals surface area contributed by atoms with Crippen LogP contribution in [-0.2, 0) is 5.41 Å². The maximum Gasteiger partial charge on any atom is 0.143 e. The van der Waals surface area contributed by atoms with Gasteiger partial charge in [-0.25, -0.2) is 9.97 Å². The van der Waals surface area contributed by atoms with Gasteiger partial charge in [-0.3, -0.25) is 0 Å². The number of nitrogens with two attached hydrogens (primary N) is 1. The van der Waals surface area contributed by atoms with E-state index >= 15 is 0 Å². The van der Waals surface area contributed by atoms with Crippen molar-refractivity contribution in [3.05, 3.63) is 16.8 Å². The van der Waals surface area contributed by atoms with E-state index in [0.29, 0.717) is 0 Å². The summed E-state index contributed by atoms with van der Waals surface area (Å²) in [6.07, 6.45) is 4.21. The molecule has 0 spiro atoms. The molecule has 0 atom stereocenters. The number of thiazole rings is 1. The van der Waals surface area contributed by atoms with Crippen LogP contribution in [0.15, 0.2) is 6.20 Å². The topological polar surface area (TPSA) is 51.8 Å². The van der Waals surface area contributed by atoms with Crippen molar-refractivity contribution in [1.82, 2.24) is 9.97 Å². The standard InChI is InChI=1S/C11H13N3S/c1-6-14-9-8(11(2)3-4-11)7(12)5-13-10(9)15-6/h5H,3-4,12H2,1-2H3. The number of nitrogen functional groups attached to an aromatic ring is 1. The summed E-state index contributed by atoms with van der Waals surface area (Å²) in [4.78, 5) is 9.91. The van der Waals surface area contributed by atoms with Crippen LogP contribution in [0.3, 0.4) is 0 Å². The number of hydrogen-bond acceptors (Lipinski definition) is 4. The molecule has 0 aromatic carbocycles. The lowest BCUT2D eigenvalue weighted by Crippen LogP contribution is -2.06. The van der Waals surface area contributed by atoms with Crippen molar-refractivity contribution in [3.63, 3.8) is 0 Å². The Bertz CT molecular complexity index is 540. The Morgan fingerprint density at radius 2 is 2.20 bits per heavy atom. The molecule has 1 saturated carbocycles. The van der Waals surface area contributed by atoms with E-state index in [-0.39, 0.29) is 5.41 Å². The zero-order valence-corrected chi connectivity index (χ0v) is 9.69. The summed E-state index contributed by atoms with van der Waals surface area (Å²) >= 11 is 1.64. The van der Waals surface area contributed by atoms with Gasteiger partial charge in [-0.2, -0.15) is 0 Å². The average Bonchev–Trinajstić information content (AvgIpc) is 2.77. The molecule has 78 valence electrons. The SMILES string of the molecule is Cc1nc2c(C3(C)CC3)c(N)cnc2s1. The third kappa shape index (κ3) is 1.24. The second kappa shape index (κ2) is 2.70. The molecule has 2 N–H and O–H groups in total. The molecule has 0 radical (unpaired) electrons. The number of pyridine rings is 1. The monoisotopic (exact) mass is 219 g/mol. The average molecular weight is 219 g/mol. The Kier molecular flexibility index (Phi) is 1.63. The second-order valence-corrected chi connectivity index (χ2v) is 5.72. The van der Waals surface area contributed by atoms with Gasteiger partial charge < -0.3 is 5.73 Å². The van der Waals surface area contributed by atoms with E-state index in [1.54, 1.807) is 17.5 Å². The van der Waals surface area contributed by atoms with Gasteiger partial charge in [0.15, 0.2) is 0 Å². The summed E-state index contributed by atoms with van der Waals surface area (Å²) in [5.41, 5.74) is 9.32. The molecule has 0 amide bonds. The molecule has 0 saturated heterocycles. The highest BCUT2D eigenvalue weighted by Crippen LogP contribution is 2.51. The third-order valence-corrected chi connectivity index (χ3v) is 4.04. The van der Waals surface area contributed by atoms with Gasteiger partial charge in [0.1, 0.15) is 10.3 Å². The third-order valence-electron chi connectivity index (χ3n) is 3.17. The highest BCUT2D eigenvalue weighted by molar-refractivity contribution is 7.18. The number of rotatable bonds is 1. The first-order valence-corrected chi connectivity index (χ1v) is 5.94. The second-order valence-electron chi connectivity index (χ2n) is 4.54.